The number of benzene rings is 3. The number of hydrogen-bond acceptors (Lipinski definition) is 6. The minimum Gasteiger partial charge on any atom is -0.493 e. The molecule has 0 bridgehead atoms. The quantitative estimate of drug-likeness (QED) is 0.332. The molecular weight excluding hydrogens is 452 g/mol. The third kappa shape index (κ3) is 5.06. The van der Waals surface area contributed by atoms with Gasteiger partial charge in [-0.05, 0) is 41.2 Å². The average molecular weight is 483 g/mol. The molecule has 0 amide bonds. The Morgan fingerprint density at radius 1 is 1.08 bits per heavy atom. The second-order valence-corrected chi connectivity index (χ2v) is 9.73. The van der Waals surface area contributed by atoms with E-state index in [-0.39, 0.29) is 17.2 Å². The van der Waals surface area contributed by atoms with Gasteiger partial charge < -0.3 is 19.9 Å². The molecular formula is C30H30N2O4. The zero-order valence-electron chi connectivity index (χ0n) is 21.0. The number of rotatable bonds is 6. The van der Waals surface area contributed by atoms with Crippen LogP contribution in [-0.4, -0.2) is 12.6 Å². The van der Waals surface area contributed by atoms with Gasteiger partial charge in [0.25, 0.3) is 0 Å². The van der Waals surface area contributed by atoms with Crippen molar-refractivity contribution in [2.75, 3.05) is 6.61 Å². The van der Waals surface area contributed by atoms with Crippen LogP contribution in [0.3, 0.4) is 0 Å². The van der Waals surface area contributed by atoms with Crippen LogP contribution in [0.1, 0.15) is 67.1 Å². The van der Waals surface area contributed by atoms with Gasteiger partial charge in [0.15, 0.2) is 0 Å². The number of nitrogens with zero attached hydrogens (tertiary/aromatic N) is 1. The van der Waals surface area contributed by atoms with Gasteiger partial charge >= 0.3 is 5.97 Å². The van der Waals surface area contributed by atoms with Gasteiger partial charge in [-0.3, -0.25) is 0 Å². The summed E-state index contributed by atoms with van der Waals surface area (Å²) in [5, 5.41) is 9.84. The molecule has 4 rings (SSSR count). The van der Waals surface area contributed by atoms with Crippen LogP contribution >= 0.6 is 0 Å². The number of esters is 1. The highest BCUT2D eigenvalue weighted by Gasteiger charge is 2.31. The van der Waals surface area contributed by atoms with Gasteiger partial charge in [0.2, 0.25) is 5.88 Å². The van der Waals surface area contributed by atoms with E-state index >= 15 is 0 Å². The van der Waals surface area contributed by atoms with Crippen molar-refractivity contribution in [1.29, 1.82) is 5.26 Å². The van der Waals surface area contributed by atoms with Crippen molar-refractivity contribution in [2.24, 2.45) is 5.73 Å². The summed E-state index contributed by atoms with van der Waals surface area (Å²) in [5.74, 6) is 0.338. The first-order valence-electron chi connectivity index (χ1n) is 12.0. The molecule has 3 aromatic carbocycles. The van der Waals surface area contributed by atoms with Crippen LogP contribution < -0.4 is 19.9 Å². The fraction of sp³-hybridized carbons (Fsp3) is 0.267. The van der Waals surface area contributed by atoms with E-state index in [0.29, 0.717) is 35.0 Å². The molecule has 184 valence electrons. The average Bonchev–Trinajstić information content (AvgIpc) is 2.86. The summed E-state index contributed by atoms with van der Waals surface area (Å²) in [6.07, 6.45) is 0.825. The zero-order chi connectivity index (χ0) is 25.9. The van der Waals surface area contributed by atoms with Crippen molar-refractivity contribution in [3.05, 3.63) is 100 Å². The van der Waals surface area contributed by atoms with Crippen LogP contribution in [0.5, 0.6) is 17.2 Å². The van der Waals surface area contributed by atoms with Gasteiger partial charge in [-0.25, -0.2) is 4.79 Å². The maximum Gasteiger partial charge on any atom is 0.347 e. The largest absolute Gasteiger partial charge is 0.493 e. The van der Waals surface area contributed by atoms with Crippen LogP contribution in [-0.2, 0) is 5.41 Å². The monoisotopic (exact) mass is 482 g/mol. The fourth-order valence-corrected chi connectivity index (χ4v) is 4.15. The normalized spacial score (nSPS) is 14.9. The first kappa shape index (κ1) is 24.9. The Kier molecular flexibility index (Phi) is 7.03. The molecule has 0 radical (unpaired) electrons. The van der Waals surface area contributed by atoms with Crippen molar-refractivity contribution in [3.63, 3.8) is 0 Å². The number of allylic oxidation sites excluding steroid dienone is 1. The molecule has 1 heterocycles. The van der Waals surface area contributed by atoms with Crippen molar-refractivity contribution >= 4 is 5.97 Å². The molecule has 0 aliphatic carbocycles. The summed E-state index contributed by atoms with van der Waals surface area (Å²) >= 11 is 0. The predicted octanol–water partition coefficient (Wildman–Crippen LogP) is 6.21. The van der Waals surface area contributed by atoms with Gasteiger partial charge in [0.1, 0.15) is 34.5 Å². The molecule has 6 nitrogen and oxygen atoms in total. The number of fused-ring (bicyclic) bond motifs is 1. The molecule has 3 aromatic rings. The number of para-hydroxylation sites is 1. The minimum atomic E-state index is -0.534. The zero-order valence-corrected chi connectivity index (χ0v) is 21.0. The number of carbonyl (C=O) groups excluding carboxylic acids is 1. The molecule has 6 heteroatoms. The van der Waals surface area contributed by atoms with E-state index in [4.69, 9.17) is 19.9 Å². The summed E-state index contributed by atoms with van der Waals surface area (Å²) in [6.45, 7) is 8.96. The van der Waals surface area contributed by atoms with E-state index in [0.717, 1.165) is 17.5 Å². The highest BCUT2D eigenvalue weighted by Crippen LogP contribution is 2.43. The van der Waals surface area contributed by atoms with Crippen LogP contribution in [0.4, 0.5) is 0 Å². The van der Waals surface area contributed by atoms with Gasteiger partial charge in [0.05, 0.1) is 12.5 Å². The summed E-state index contributed by atoms with van der Waals surface area (Å²) < 4.78 is 17.1. The van der Waals surface area contributed by atoms with Crippen LogP contribution in [0.2, 0.25) is 0 Å². The molecule has 1 aliphatic heterocycles. The fourth-order valence-electron chi connectivity index (χ4n) is 4.15. The van der Waals surface area contributed by atoms with E-state index in [1.807, 2.05) is 31.2 Å². The smallest absolute Gasteiger partial charge is 0.347 e. The summed E-state index contributed by atoms with van der Waals surface area (Å²) in [7, 11) is 0. The highest BCUT2D eigenvalue weighted by molar-refractivity contribution is 5.94. The van der Waals surface area contributed by atoms with E-state index in [1.54, 1.807) is 30.3 Å². The molecule has 0 spiro atoms. The molecule has 0 saturated heterocycles. The lowest BCUT2D eigenvalue weighted by atomic mass is 9.81. The number of nitriles is 1. The number of nitrogens with two attached hydrogens (primary N) is 1. The Labute approximate surface area is 211 Å². The second-order valence-electron chi connectivity index (χ2n) is 9.73. The van der Waals surface area contributed by atoms with E-state index in [1.165, 1.54) is 5.56 Å². The lowest BCUT2D eigenvalue weighted by Crippen LogP contribution is -2.21. The summed E-state index contributed by atoms with van der Waals surface area (Å²) in [5.41, 5.74) is 9.75. The SMILES string of the molecule is CCCOc1ccccc1C(=O)Oc1ccc2c(c1)OC(N)=C(C#N)C2c1ccc(C(C)(C)C)cc1. The van der Waals surface area contributed by atoms with Crippen LogP contribution in [0.15, 0.2) is 78.2 Å². The Hall–Kier alpha value is -4.24. The summed E-state index contributed by atoms with van der Waals surface area (Å²) in [6, 6.07) is 22.5. The molecule has 1 atom stereocenters. The Morgan fingerprint density at radius 2 is 1.81 bits per heavy atom. The maximum absolute atomic E-state index is 12.9. The van der Waals surface area contributed by atoms with E-state index < -0.39 is 5.97 Å². The first-order chi connectivity index (χ1) is 17.2. The molecule has 0 aromatic heterocycles. The summed E-state index contributed by atoms with van der Waals surface area (Å²) in [4.78, 5) is 12.9. The van der Waals surface area contributed by atoms with Gasteiger partial charge in [-0.15, -0.1) is 0 Å². The van der Waals surface area contributed by atoms with Gasteiger partial charge in [0, 0.05) is 11.6 Å². The molecule has 0 saturated carbocycles. The standard InChI is InChI=1S/C30H30N2O4/c1-5-16-34-25-9-7-6-8-23(25)29(33)35-21-14-15-22-26(17-21)36-28(32)24(18-31)27(22)19-10-12-20(13-11-19)30(2,3)4/h6-15,17,27H,5,16,32H2,1-4H3. The van der Waals surface area contributed by atoms with Crippen molar-refractivity contribution < 1.29 is 19.0 Å². The van der Waals surface area contributed by atoms with E-state index in [2.05, 4.69) is 39.0 Å². The van der Waals surface area contributed by atoms with Crippen LogP contribution in [0.25, 0.3) is 0 Å². The molecule has 2 N–H and O–H groups in total. The van der Waals surface area contributed by atoms with E-state index in [9.17, 15) is 10.1 Å². The van der Waals surface area contributed by atoms with Crippen LogP contribution in [0, 0.1) is 11.3 Å². The van der Waals surface area contributed by atoms with Crippen molar-refractivity contribution in [3.8, 4) is 23.3 Å². The topological polar surface area (TPSA) is 94.6 Å². The molecule has 1 aliphatic rings. The molecule has 0 fully saturated rings. The second kappa shape index (κ2) is 10.2. The lowest BCUT2D eigenvalue weighted by molar-refractivity contribution is 0.0730. The number of hydrogen-bond donors (Lipinski definition) is 1. The molecule has 36 heavy (non-hydrogen) atoms. The van der Waals surface area contributed by atoms with Crippen molar-refractivity contribution in [1.82, 2.24) is 0 Å². The first-order valence-corrected chi connectivity index (χ1v) is 12.0. The third-order valence-electron chi connectivity index (χ3n) is 6.08. The minimum absolute atomic E-state index is 0.0119. The number of ether oxygens (including phenoxy) is 3. The Bertz CT molecular complexity index is 1340. The van der Waals surface area contributed by atoms with Gasteiger partial charge in [-0.2, -0.15) is 5.26 Å². The van der Waals surface area contributed by atoms with Gasteiger partial charge in [-0.1, -0.05) is 70.2 Å². The Morgan fingerprint density at radius 3 is 2.47 bits per heavy atom. The van der Waals surface area contributed by atoms with Crippen molar-refractivity contribution in [2.45, 2.75) is 45.4 Å². The Balaban J connectivity index is 1.65. The third-order valence-corrected chi connectivity index (χ3v) is 6.08. The number of carbonyl (C=O) groups is 1. The highest BCUT2D eigenvalue weighted by atomic mass is 16.5. The maximum atomic E-state index is 12.9. The molecule has 1 unspecified atom stereocenters. The lowest BCUT2D eigenvalue weighted by Gasteiger charge is -2.27. The predicted molar refractivity (Wildman–Crippen MR) is 138 cm³/mol.